The summed E-state index contributed by atoms with van der Waals surface area (Å²) in [6, 6.07) is 3.70. The molecule has 1 saturated heterocycles. The molecule has 3 rings (SSSR count). The van der Waals surface area contributed by atoms with E-state index in [2.05, 4.69) is 15.9 Å². The van der Waals surface area contributed by atoms with Crippen molar-refractivity contribution in [3.8, 4) is 11.5 Å². The minimum atomic E-state index is -0.0204. The van der Waals surface area contributed by atoms with Gasteiger partial charge in [-0.25, -0.2) is 0 Å². The Labute approximate surface area is 143 Å². The number of piperidine rings is 1. The SMILES string of the molecule is CC(=O)N(C)C1CCN(C(=O)c2cc(Br)c3c(c2)OCO3)CC1. The predicted molar refractivity (Wildman–Crippen MR) is 87.6 cm³/mol. The fourth-order valence-electron chi connectivity index (χ4n) is 2.99. The molecule has 1 aromatic rings. The molecule has 0 aliphatic carbocycles. The zero-order valence-electron chi connectivity index (χ0n) is 13.2. The third kappa shape index (κ3) is 3.15. The van der Waals surface area contributed by atoms with Crippen molar-refractivity contribution in [2.45, 2.75) is 25.8 Å². The van der Waals surface area contributed by atoms with Gasteiger partial charge in [-0.2, -0.15) is 0 Å². The molecule has 0 radical (unpaired) electrons. The summed E-state index contributed by atoms with van der Waals surface area (Å²) in [7, 11) is 1.82. The van der Waals surface area contributed by atoms with Gasteiger partial charge in [0, 0.05) is 38.7 Å². The van der Waals surface area contributed by atoms with Crippen LogP contribution in [0.1, 0.15) is 30.1 Å². The zero-order chi connectivity index (χ0) is 16.6. The van der Waals surface area contributed by atoms with Crippen molar-refractivity contribution in [3.05, 3.63) is 22.2 Å². The van der Waals surface area contributed by atoms with E-state index >= 15 is 0 Å². The van der Waals surface area contributed by atoms with Crippen LogP contribution in [0, 0.1) is 0 Å². The lowest BCUT2D eigenvalue weighted by molar-refractivity contribution is -0.130. The van der Waals surface area contributed by atoms with Gasteiger partial charge in [0.15, 0.2) is 11.5 Å². The second-order valence-corrected chi connectivity index (χ2v) is 6.70. The van der Waals surface area contributed by atoms with Gasteiger partial charge >= 0.3 is 0 Å². The average molecular weight is 383 g/mol. The molecule has 0 atom stereocenters. The number of hydrogen-bond donors (Lipinski definition) is 0. The van der Waals surface area contributed by atoms with Crippen molar-refractivity contribution in [1.29, 1.82) is 0 Å². The van der Waals surface area contributed by atoms with E-state index in [-0.39, 0.29) is 24.6 Å². The van der Waals surface area contributed by atoms with Gasteiger partial charge in [0.05, 0.1) is 4.47 Å². The highest BCUT2D eigenvalue weighted by atomic mass is 79.9. The van der Waals surface area contributed by atoms with Crippen LogP contribution in [0.25, 0.3) is 0 Å². The highest BCUT2D eigenvalue weighted by molar-refractivity contribution is 9.10. The molecule has 6 nitrogen and oxygen atoms in total. The smallest absolute Gasteiger partial charge is 0.254 e. The number of carbonyl (C=O) groups is 2. The Morgan fingerprint density at radius 2 is 1.96 bits per heavy atom. The monoisotopic (exact) mass is 382 g/mol. The number of fused-ring (bicyclic) bond motifs is 1. The minimum Gasteiger partial charge on any atom is -0.454 e. The van der Waals surface area contributed by atoms with Crippen LogP contribution >= 0.6 is 15.9 Å². The molecule has 2 amide bonds. The molecule has 2 heterocycles. The predicted octanol–water partition coefficient (Wildman–Crippen LogP) is 2.26. The number of carbonyl (C=O) groups excluding carboxylic acids is 2. The van der Waals surface area contributed by atoms with Crippen molar-refractivity contribution in [2.24, 2.45) is 0 Å². The maximum atomic E-state index is 12.7. The first-order valence-electron chi connectivity index (χ1n) is 7.59. The van der Waals surface area contributed by atoms with E-state index in [1.165, 1.54) is 0 Å². The van der Waals surface area contributed by atoms with Crippen LogP contribution in [0.3, 0.4) is 0 Å². The molecule has 2 aliphatic rings. The first-order chi connectivity index (χ1) is 11.0. The van der Waals surface area contributed by atoms with E-state index in [0.717, 1.165) is 17.3 Å². The van der Waals surface area contributed by atoms with Crippen LogP contribution in [-0.4, -0.2) is 54.6 Å². The van der Waals surface area contributed by atoms with Crippen LogP contribution < -0.4 is 9.47 Å². The zero-order valence-corrected chi connectivity index (χ0v) is 14.8. The standard InChI is InChI=1S/C16H19BrN2O4/c1-10(20)18(2)12-3-5-19(6-4-12)16(21)11-7-13(17)15-14(8-11)22-9-23-15/h7-8,12H,3-6,9H2,1-2H3. The first kappa shape index (κ1) is 16.1. The van der Waals surface area contributed by atoms with Crippen molar-refractivity contribution >= 4 is 27.7 Å². The quantitative estimate of drug-likeness (QED) is 0.786. The Balaban J connectivity index is 1.68. The Morgan fingerprint density at radius 3 is 2.61 bits per heavy atom. The molecule has 124 valence electrons. The van der Waals surface area contributed by atoms with Crippen molar-refractivity contribution in [1.82, 2.24) is 9.80 Å². The topological polar surface area (TPSA) is 59.1 Å². The summed E-state index contributed by atoms with van der Waals surface area (Å²) < 4.78 is 11.4. The molecule has 1 fully saturated rings. The number of nitrogens with zero attached hydrogens (tertiary/aromatic N) is 2. The van der Waals surface area contributed by atoms with Crippen LogP contribution in [0.2, 0.25) is 0 Å². The fourth-order valence-corrected chi connectivity index (χ4v) is 3.54. The number of benzene rings is 1. The minimum absolute atomic E-state index is 0.0204. The van der Waals surface area contributed by atoms with Crippen LogP contribution in [0.4, 0.5) is 0 Å². The molecule has 1 aromatic carbocycles. The van der Waals surface area contributed by atoms with Gasteiger partial charge < -0.3 is 19.3 Å². The number of amides is 2. The van der Waals surface area contributed by atoms with E-state index in [1.54, 1.807) is 24.0 Å². The molecule has 0 bridgehead atoms. The fraction of sp³-hybridized carbons (Fsp3) is 0.500. The lowest BCUT2D eigenvalue weighted by atomic mass is 10.0. The van der Waals surface area contributed by atoms with Gasteiger partial charge in [0.1, 0.15) is 0 Å². The number of ether oxygens (including phenoxy) is 2. The molecule has 7 heteroatoms. The lowest BCUT2D eigenvalue weighted by Gasteiger charge is -2.36. The highest BCUT2D eigenvalue weighted by Crippen LogP contribution is 2.40. The summed E-state index contributed by atoms with van der Waals surface area (Å²) in [5.74, 6) is 1.28. The Hall–Kier alpha value is -1.76. The summed E-state index contributed by atoms with van der Waals surface area (Å²) in [5, 5.41) is 0. The largest absolute Gasteiger partial charge is 0.454 e. The van der Waals surface area contributed by atoms with Gasteiger partial charge in [-0.3, -0.25) is 9.59 Å². The number of likely N-dealkylation sites (tertiary alicyclic amines) is 1. The van der Waals surface area contributed by atoms with E-state index in [9.17, 15) is 9.59 Å². The average Bonchev–Trinajstić information content (AvgIpc) is 3.02. The maximum absolute atomic E-state index is 12.7. The number of hydrogen-bond acceptors (Lipinski definition) is 4. The van der Waals surface area contributed by atoms with E-state index < -0.39 is 0 Å². The summed E-state index contributed by atoms with van der Waals surface area (Å²) >= 11 is 3.42. The summed E-state index contributed by atoms with van der Waals surface area (Å²) in [6.07, 6.45) is 1.60. The van der Waals surface area contributed by atoms with Gasteiger partial charge in [-0.1, -0.05) is 0 Å². The van der Waals surface area contributed by atoms with Crippen molar-refractivity contribution in [3.63, 3.8) is 0 Å². The molecule has 0 unspecified atom stereocenters. The van der Waals surface area contributed by atoms with Crippen LogP contribution in [-0.2, 0) is 4.79 Å². The Morgan fingerprint density at radius 1 is 1.26 bits per heavy atom. The van der Waals surface area contributed by atoms with E-state index in [1.807, 2.05) is 11.9 Å². The molecule has 23 heavy (non-hydrogen) atoms. The van der Waals surface area contributed by atoms with E-state index in [0.29, 0.717) is 30.2 Å². The lowest BCUT2D eigenvalue weighted by Crippen LogP contribution is -2.46. The Kier molecular flexibility index (Phi) is 4.48. The van der Waals surface area contributed by atoms with E-state index in [4.69, 9.17) is 9.47 Å². The summed E-state index contributed by atoms with van der Waals surface area (Å²) in [6.45, 7) is 3.04. The highest BCUT2D eigenvalue weighted by Gasteiger charge is 2.28. The number of rotatable bonds is 2. The molecule has 0 saturated carbocycles. The third-order valence-corrected chi connectivity index (χ3v) is 5.06. The van der Waals surface area contributed by atoms with Gasteiger partial charge in [0.25, 0.3) is 5.91 Å². The van der Waals surface area contributed by atoms with Crippen molar-refractivity contribution in [2.75, 3.05) is 26.9 Å². The van der Waals surface area contributed by atoms with Crippen molar-refractivity contribution < 1.29 is 19.1 Å². The summed E-state index contributed by atoms with van der Waals surface area (Å²) in [5.41, 5.74) is 0.583. The molecule has 2 aliphatic heterocycles. The van der Waals surface area contributed by atoms with Crippen LogP contribution in [0.15, 0.2) is 16.6 Å². The number of halogens is 1. The second-order valence-electron chi connectivity index (χ2n) is 5.85. The third-order valence-electron chi connectivity index (χ3n) is 4.47. The van der Waals surface area contributed by atoms with Gasteiger partial charge in [0.2, 0.25) is 12.7 Å². The summed E-state index contributed by atoms with van der Waals surface area (Å²) in [4.78, 5) is 27.7. The van der Waals surface area contributed by atoms with Crippen LogP contribution in [0.5, 0.6) is 11.5 Å². The molecule has 0 N–H and O–H groups in total. The molecule has 0 aromatic heterocycles. The van der Waals surface area contributed by atoms with Gasteiger partial charge in [-0.15, -0.1) is 0 Å². The second kappa shape index (κ2) is 6.39. The molecular formula is C16H19BrN2O4. The van der Waals surface area contributed by atoms with Gasteiger partial charge in [-0.05, 0) is 40.9 Å². The molecule has 0 spiro atoms. The normalized spacial score (nSPS) is 17.3. The first-order valence-corrected chi connectivity index (χ1v) is 8.38. The molecular weight excluding hydrogens is 364 g/mol. The maximum Gasteiger partial charge on any atom is 0.254 e. The Bertz CT molecular complexity index is 641.